The Morgan fingerprint density at radius 2 is 2.00 bits per heavy atom. The third-order valence-electron chi connectivity index (χ3n) is 2.64. The Labute approximate surface area is 121 Å². The van der Waals surface area contributed by atoms with Crippen LogP contribution >= 0.6 is 7.60 Å². The highest BCUT2D eigenvalue weighted by molar-refractivity contribution is 7.53. The number of hydrogen-bond donors (Lipinski definition) is 1. The topological polar surface area (TPSA) is 109 Å². The maximum atomic E-state index is 12.5. The number of rotatable bonds is 7. The van der Waals surface area contributed by atoms with E-state index in [1.165, 1.54) is 12.4 Å². The Balaban J connectivity index is 2.29. The van der Waals surface area contributed by atoms with E-state index in [1.54, 1.807) is 24.4 Å². The lowest BCUT2D eigenvalue weighted by Gasteiger charge is -2.16. The van der Waals surface area contributed by atoms with Crippen molar-refractivity contribution in [3.63, 3.8) is 0 Å². The van der Waals surface area contributed by atoms with Crippen molar-refractivity contribution in [1.29, 1.82) is 0 Å². The van der Waals surface area contributed by atoms with E-state index in [9.17, 15) is 9.36 Å². The van der Waals surface area contributed by atoms with Gasteiger partial charge in [-0.3, -0.25) is 13.8 Å². The molecule has 2 aromatic rings. The second kappa shape index (κ2) is 6.34. The summed E-state index contributed by atoms with van der Waals surface area (Å²) in [6, 6.07) is 0. The molecule has 21 heavy (non-hydrogen) atoms. The number of carbonyl (C=O) groups excluding carboxylic acids is 1. The highest BCUT2D eigenvalue weighted by atomic mass is 31.2. The number of amides is 1. The fourth-order valence-electron chi connectivity index (χ4n) is 1.87. The van der Waals surface area contributed by atoms with Gasteiger partial charge < -0.3 is 14.8 Å². The van der Waals surface area contributed by atoms with Crippen LogP contribution in [0, 0.1) is 0 Å². The van der Waals surface area contributed by atoms with Gasteiger partial charge in [-0.15, -0.1) is 0 Å². The molecule has 2 aromatic heterocycles. The molecule has 2 rings (SSSR count). The summed E-state index contributed by atoms with van der Waals surface area (Å²) in [4.78, 5) is 19.2. The van der Waals surface area contributed by atoms with Gasteiger partial charge in [0.2, 0.25) is 5.78 Å². The first-order valence-electron chi connectivity index (χ1n) is 6.49. The summed E-state index contributed by atoms with van der Waals surface area (Å²) in [7, 11) is -3.20. The van der Waals surface area contributed by atoms with Gasteiger partial charge in [-0.25, -0.2) is 9.97 Å². The van der Waals surface area contributed by atoms with Crippen molar-refractivity contribution in [1.82, 2.24) is 14.4 Å². The smallest absolute Gasteiger partial charge is 0.335 e. The lowest BCUT2D eigenvalue weighted by molar-refractivity contribution is 0.0996. The van der Waals surface area contributed by atoms with Gasteiger partial charge >= 0.3 is 7.60 Å². The molecule has 0 aliphatic rings. The maximum Gasteiger partial charge on any atom is 0.335 e. The molecule has 2 N–H and O–H groups in total. The van der Waals surface area contributed by atoms with Crippen LogP contribution in [0.5, 0.6) is 0 Å². The average Bonchev–Trinajstić information content (AvgIpc) is 2.82. The third-order valence-corrected chi connectivity index (χ3v) is 4.70. The largest absolute Gasteiger partial charge is 0.364 e. The summed E-state index contributed by atoms with van der Waals surface area (Å²) in [6.45, 7) is 4.10. The van der Waals surface area contributed by atoms with E-state index in [2.05, 4.69) is 9.97 Å². The second-order valence-electron chi connectivity index (χ2n) is 4.26. The lowest BCUT2D eigenvalue weighted by atomic mass is 10.4. The number of fused-ring (bicyclic) bond motifs is 1. The van der Waals surface area contributed by atoms with Gasteiger partial charge in [-0.05, 0) is 19.4 Å². The second-order valence-corrected chi connectivity index (χ2v) is 6.32. The molecule has 0 unspecified atom stereocenters. The molecular weight excluding hydrogens is 295 g/mol. The van der Waals surface area contributed by atoms with E-state index in [0.717, 1.165) is 0 Å². The van der Waals surface area contributed by atoms with Gasteiger partial charge in [0.05, 0.1) is 19.4 Å². The van der Waals surface area contributed by atoms with Gasteiger partial charge in [0, 0.05) is 18.6 Å². The monoisotopic (exact) mass is 312 g/mol. The van der Waals surface area contributed by atoms with E-state index in [4.69, 9.17) is 14.8 Å². The highest BCUT2D eigenvalue weighted by Crippen LogP contribution is 2.51. The predicted octanol–water partition coefficient (Wildman–Crippen LogP) is 1.59. The molecule has 0 bridgehead atoms. The minimum Gasteiger partial charge on any atom is -0.364 e. The minimum absolute atomic E-state index is 0.0989. The number of nitrogens with zero attached hydrogens (tertiary/aromatic N) is 3. The van der Waals surface area contributed by atoms with Crippen molar-refractivity contribution >= 4 is 19.3 Å². The molecule has 0 spiro atoms. The van der Waals surface area contributed by atoms with Crippen molar-refractivity contribution in [2.45, 2.75) is 20.0 Å². The number of nitrogens with two attached hydrogens (primary N) is 1. The highest BCUT2D eigenvalue weighted by Gasteiger charge is 2.24. The summed E-state index contributed by atoms with van der Waals surface area (Å²) in [5.74, 6) is -0.286. The number of aromatic nitrogens is 3. The van der Waals surface area contributed by atoms with E-state index < -0.39 is 13.5 Å². The molecular formula is C12H17N4O4P. The Morgan fingerprint density at radius 3 is 2.57 bits per heavy atom. The molecule has 1 amide bonds. The van der Waals surface area contributed by atoms with Gasteiger partial charge in [-0.2, -0.15) is 0 Å². The normalized spacial score (nSPS) is 11.9. The van der Waals surface area contributed by atoms with E-state index in [-0.39, 0.29) is 11.9 Å². The van der Waals surface area contributed by atoms with E-state index in [0.29, 0.717) is 24.6 Å². The van der Waals surface area contributed by atoms with Gasteiger partial charge in [0.25, 0.3) is 5.91 Å². The van der Waals surface area contributed by atoms with Gasteiger partial charge in [0.15, 0.2) is 0 Å². The molecule has 0 aromatic carbocycles. The van der Waals surface area contributed by atoms with Crippen molar-refractivity contribution in [3.05, 3.63) is 29.8 Å². The SMILES string of the molecule is CCOP(=O)(Cc1cnc2nc(C(N)=O)cn2c1)OCC. The van der Waals surface area contributed by atoms with Crippen LogP contribution in [0.1, 0.15) is 29.9 Å². The zero-order chi connectivity index (χ0) is 15.5. The molecule has 0 radical (unpaired) electrons. The number of imidazole rings is 1. The summed E-state index contributed by atoms with van der Waals surface area (Å²) < 4.78 is 24.5. The van der Waals surface area contributed by atoms with Crippen LogP contribution in [0.2, 0.25) is 0 Å². The Bertz CT molecular complexity index is 690. The van der Waals surface area contributed by atoms with E-state index >= 15 is 0 Å². The van der Waals surface area contributed by atoms with Crippen LogP contribution in [0.15, 0.2) is 18.6 Å². The number of primary amides is 1. The van der Waals surface area contributed by atoms with Crippen LogP contribution in [0.25, 0.3) is 5.78 Å². The fourth-order valence-corrected chi connectivity index (χ4v) is 3.53. The number of hydrogen-bond acceptors (Lipinski definition) is 6. The molecule has 114 valence electrons. The maximum absolute atomic E-state index is 12.5. The summed E-state index contributed by atoms with van der Waals surface area (Å²) in [5, 5.41) is 0. The van der Waals surface area contributed by atoms with Crippen LogP contribution in [0.4, 0.5) is 0 Å². The zero-order valence-corrected chi connectivity index (χ0v) is 12.7. The Hall–Kier alpha value is -1.76. The van der Waals surface area contributed by atoms with Crippen molar-refractivity contribution in [3.8, 4) is 0 Å². The molecule has 2 heterocycles. The standard InChI is InChI=1S/C12H17N4O4P/c1-3-19-21(18,20-4-2)8-9-5-14-12-15-10(11(13)17)7-16(12)6-9/h5-7H,3-4,8H2,1-2H3,(H2,13,17). The number of carbonyl (C=O) groups is 1. The summed E-state index contributed by atoms with van der Waals surface area (Å²) in [5.41, 5.74) is 5.95. The molecule has 0 aliphatic heterocycles. The minimum atomic E-state index is -3.20. The zero-order valence-electron chi connectivity index (χ0n) is 11.9. The van der Waals surface area contributed by atoms with Crippen molar-refractivity contribution in [2.75, 3.05) is 13.2 Å². The average molecular weight is 312 g/mol. The fraction of sp³-hybridized carbons (Fsp3) is 0.417. The summed E-state index contributed by atoms with van der Waals surface area (Å²) >= 11 is 0. The Morgan fingerprint density at radius 1 is 1.33 bits per heavy atom. The molecule has 0 aliphatic carbocycles. The lowest BCUT2D eigenvalue weighted by Crippen LogP contribution is -2.10. The molecule has 0 fully saturated rings. The van der Waals surface area contributed by atoms with Crippen molar-refractivity contribution < 1.29 is 18.4 Å². The Kier molecular flexibility index (Phi) is 4.72. The van der Waals surface area contributed by atoms with Crippen molar-refractivity contribution in [2.24, 2.45) is 5.73 Å². The quantitative estimate of drug-likeness (QED) is 0.778. The first-order chi connectivity index (χ1) is 9.97. The van der Waals surface area contributed by atoms with Crippen LogP contribution < -0.4 is 5.73 Å². The molecule has 9 heteroatoms. The molecule has 0 atom stereocenters. The van der Waals surface area contributed by atoms with E-state index in [1.807, 2.05) is 0 Å². The van der Waals surface area contributed by atoms with Crippen LogP contribution in [-0.2, 0) is 19.8 Å². The predicted molar refractivity (Wildman–Crippen MR) is 76.1 cm³/mol. The van der Waals surface area contributed by atoms with Crippen LogP contribution in [-0.4, -0.2) is 33.5 Å². The molecule has 8 nitrogen and oxygen atoms in total. The molecule has 0 saturated heterocycles. The first-order valence-corrected chi connectivity index (χ1v) is 8.21. The van der Waals surface area contributed by atoms with Gasteiger partial charge in [-0.1, -0.05) is 0 Å². The summed E-state index contributed by atoms with van der Waals surface area (Å²) in [6.07, 6.45) is 4.77. The third kappa shape index (κ3) is 3.66. The first kappa shape index (κ1) is 15.6. The molecule has 0 saturated carbocycles. The van der Waals surface area contributed by atoms with Gasteiger partial charge in [0.1, 0.15) is 5.69 Å². The van der Waals surface area contributed by atoms with Crippen LogP contribution in [0.3, 0.4) is 0 Å².